The lowest BCUT2D eigenvalue weighted by molar-refractivity contribution is -0.136. The summed E-state index contributed by atoms with van der Waals surface area (Å²) in [5, 5.41) is 7.63. The fourth-order valence-electron chi connectivity index (χ4n) is 4.43. The van der Waals surface area contributed by atoms with Gasteiger partial charge in [0, 0.05) is 12.1 Å². The first-order valence-electron chi connectivity index (χ1n) is 11.6. The number of amides is 6. The van der Waals surface area contributed by atoms with Gasteiger partial charge in [0.15, 0.2) is 0 Å². The number of fused-ring (bicyclic) bond motifs is 2. The van der Waals surface area contributed by atoms with Crippen molar-refractivity contribution in [1.29, 1.82) is 0 Å². The molecule has 0 saturated carbocycles. The first-order valence-corrected chi connectivity index (χ1v) is 12.4. The summed E-state index contributed by atoms with van der Waals surface area (Å²) in [6, 6.07) is 7.59. The van der Waals surface area contributed by atoms with Gasteiger partial charge in [-0.25, -0.2) is 14.2 Å². The number of thiazole rings is 1. The van der Waals surface area contributed by atoms with Crippen LogP contribution < -0.4 is 20.7 Å². The van der Waals surface area contributed by atoms with Crippen molar-refractivity contribution in [2.24, 2.45) is 0 Å². The first-order chi connectivity index (χ1) is 18.1. The second kappa shape index (κ2) is 9.49. The zero-order valence-corrected chi connectivity index (χ0v) is 21.1. The van der Waals surface area contributed by atoms with Crippen molar-refractivity contribution in [2.75, 3.05) is 19.1 Å². The molecule has 6 amide bonds. The van der Waals surface area contributed by atoms with Crippen molar-refractivity contribution >= 4 is 56.9 Å². The van der Waals surface area contributed by atoms with Crippen LogP contribution in [0.5, 0.6) is 5.75 Å². The van der Waals surface area contributed by atoms with E-state index in [1.807, 2.05) is 6.07 Å². The summed E-state index contributed by atoms with van der Waals surface area (Å²) < 4.78 is 20.3. The number of carbonyl (C=O) groups is 5. The number of methoxy groups -OCH3 is 1. The number of imide groups is 2. The predicted molar refractivity (Wildman–Crippen MR) is 135 cm³/mol. The van der Waals surface area contributed by atoms with Crippen LogP contribution in [0, 0.1) is 0 Å². The smallest absolute Gasteiger partial charge is 0.320 e. The minimum absolute atomic E-state index is 0.00372. The molecule has 0 aliphatic carbocycles. The second-order valence-electron chi connectivity index (χ2n) is 9.08. The highest BCUT2D eigenvalue weighted by Gasteiger charge is 2.44. The Morgan fingerprint density at radius 3 is 2.68 bits per heavy atom. The van der Waals surface area contributed by atoms with Crippen LogP contribution in [0.4, 0.5) is 14.9 Å². The molecule has 11 nitrogen and oxygen atoms in total. The Balaban J connectivity index is 1.34. The average molecular weight is 540 g/mol. The van der Waals surface area contributed by atoms with Gasteiger partial charge in [-0.1, -0.05) is 6.07 Å². The minimum Gasteiger partial charge on any atom is -0.494 e. The molecule has 5 rings (SSSR count). The fraction of sp³-hybridized carbons (Fsp3) is 0.280. The lowest BCUT2D eigenvalue weighted by Gasteiger charge is -2.27. The SMILES string of the molecule is COc1cccc2sc(C(C)(CF)NC(=O)Nc3ccc4c(c3)C(=O)N(C3CCC(=O)NC3=O)C4=O)nc12. The maximum atomic E-state index is 14.2. The molecule has 3 N–H and O–H groups in total. The van der Waals surface area contributed by atoms with Gasteiger partial charge in [-0.15, -0.1) is 11.3 Å². The lowest BCUT2D eigenvalue weighted by Crippen LogP contribution is -2.54. The molecule has 2 aliphatic rings. The molecule has 2 aliphatic heterocycles. The lowest BCUT2D eigenvalue weighted by atomic mass is 10.0. The summed E-state index contributed by atoms with van der Waals surface area (Å²) in [6.07, 6.45) is 0.0364. The molecule has 0 radical (unpaired) electrons. The highest BCUT2D eigenvalue weighted by molar-refractivity contribution is 7.18. The first kappa shape index (κ1) is 25.3. The zero-order valence-electron chi connectivity index (χ0n) is 20.3. The van der Waals surface area contributed by atoms with Crippen molar-refractivity contribution in [3.05, 3.63) is 52.5 Å². The standard InChI is InChI=1S/C25H22FN5O6S/c1-25(11-26,23-29-19-16(37-2)4-3-5-17(19)38-23)30-24(36)27-12-6-7-13-14(10-12)22(35)31(21(13)34)15-8-9-18(32)28-20(15)33/h3-7,10,15H,8-9,11H2,1-2H3,(H2,27,30,36)(H,28,32,33). The van der Waals surface area contributed by atoms with Crippen LogP contribution in [0.15, 0.2) is 36.4 Å². The third-order valence-electron chi connectivity index (χ3n) is 6.43. The van der Waals surface area contributed by atoms with Crippen LogP contribution in [-0.2, 0) is 15.1 Å². The molecule has 2 aromatic carbocycles. The fourth-order valence-corrected chi connectivity index (χ4v) is 5.50. The highest BCUT2D eigenvalue weighted by Crippen LogP contribution is 2.35. The molecule has 1 fully saturated rings. The molecule has 196 valence electrons. The van der Waals surface area contributed by atoms with Crippen molar-refractivity contribution in [3.8, 4) is 5.75 Å². The average Bonchev–Trinajstić information content (AvgIpc) is 3.44. The Labute approximate surface area is 219 Å². The Morgan fingerprint density at radius 1 is 1.21 bits per heavy atom. The van der Waals surface area contributed by atoms with E-state index in [0.717, 1.165) is 9.60 Å². The summed E-state index contributed by atoms with van der Waals surface area (Å²) in [7, 11) is 1.51. The van der Waals surface area contributed by atoms with Gasteiger partial charge in [0.2, 0.25) is 11.8 Å². The molecule has 2 atom stereocenters. The third-order valence-corrected chi connectivity index (χ3v) is 7.71. The van der Waals surface area contributed by atoms with Gasteiger partial charge < -0.3 is 15.4 Å². The van der Waals surface area contributed by atoms with Gasteiger partial charge in [0.1, 0.15) is 34.5 Å². The van der Waals surface area contributed by atoms with Crippen LogP contribution in [0.3, 0.4) is 0 Å². The number of benzene rings is 2. The van der Waals surface area contributed by atoms with E-state index < -0.39 is 47.9 Å². The van der Waals surface area contributed by atoms with E-state index >= 15 is 0 Å². The monoisotopic (exact) mass is 539 g/mol. The number of alkyl halides is 1. The Hall–Kier alpha value is -4.39. The number of piperidine rings is 1. The number of nitrogens with one attached hydrogen (secondary N) is 3. The summed E-state index contributed by atoms with van der Waals surface area (Å²) >= 11 is 1.22. The molecule has 1 saturated heterocycles. The van der Waals surface area contributed by atoms with Crippen molar-refractivity contribution < 1.29 is 33.1 Å². The third kappa shape index (κ3) is 4.24. The van der Waals surface area contributed by atoms with E-state index in [1.165, 1.54) is 43.6 Å². The van der Waals surface area contributed by atoms with Gasteiger partial charge in [0.25, 0.3) is 11.8 Å². The predicted octanol–water partition coefficient (Wildman–Crippen LogP) is 2.71. The number of ether oxygens (including phenoxy) is 1. The quantitative estimate of drug-likeness (QED) is 0.408. The van der Waals surface area contributed by atoms with E-state index in [1.54, 1.807) is 12.1 Å². The molecule has 3 aromatic rings. The molecule has 2 unspecified atom stereocenters. The number of halogens is 1. The Kier molecular flexibility index (Phi) is 6.31. The van der Waals surface area contributed by atoms with E-state index in [9.17, 15) is 28.4 Å². The van der Waals surface area contributed by atoms with E-state index in [4.69, 9.17) is 4.74 Å². The van der Waals surface area contributed by atoms with Gasteiger partial charge in [-0.05, 0) is 43.7 Å². The van der Waals surface area contributed by atoms with E-state index in [2.05, 4.69) is 20.9 Å². The number of para-hydroxylation sites is 1. The van der Waals surface area contributed by atoms with Gasteiger partial charge >= 0.3 is 6.03 Å². The van der Waals surface area contributed by atoms with E-state index in [0.29, 0.717) is 16.3 Å². The zero-order chi connectivity index (χ0) is 27.2. The Bertz CT molecular complexity index is 1520. The van der Waals surface area contributed by atoms with Crippen LogP contribution >= 0.6 is 11.3 Å². The number of hydrogen-bond acceptors (Lipinski definition) is 8. The van der Waals surface area contributed by atoms with E-state index in [-0.39, 0.29) is 29.7 Å². The van der Waals surface area contributed by atoms with Gasteiger partial charge in [-0.3, -0.25) is 29.4 Å². The number of aromatic nitrogens is 1. The summed E-state index contributed by atoms with van der Waals surface area (Å²) in [5.74, 6) is -2.02. The van der Waals surface area contributed by atoms with Crippen molar-refractivity contribution in [3.63, 3.8) is 0 Å². The number of urea groups is 1. The van der Waals surface area contributed by atoms with Crippen LogP contribution in [0.2, 0.25) is 0 Å². The molecular weight excluding hydrogens is 517 g/mol. The second-order valence-corrected chi connectivity index (χ2v) is 10.1. The molecule has 0 spiro atoms. The van der Waals surface area contributed by atoms with Crippen LogP contribution in [-0.4, -0.2) is 59.4 Å². The maximum Gasteiger partial charge on any atom is 0.320 e. The number of carbonyl (C=O) groups excluding carboxylic acids is 5. The highest BCUT2D eigenvalue weighted by atomic mass is 32.1. The molecule has 3 heterocycles. The molecule has 0 bridgehead atoms. The number of anilines is 1. The molecule has 13 heteroatoms. The number of nitrogens with zero attached hydrogens (tertiary/aromatic N) is 2. The molecule has 38 heavy (non-hydrogen) atoms. The maximum absolute atomic E-state index is 14.2. The minimum atomic E-state index is -1.45. The van der Waals surface area contributed by atoms with Crippen LogP contribution in [0.25, 0.3) is 10.2 Å². The van der Waals surface area contributed by atoms with Gasteiger partial charge in [-0.2, -0.15) is 0 Å². The van der Waals surface area contributed by atoms with Crippen LogP contribution in [0.1, 0.15) is 45.5 Å². The normalized spacial score (nSPS) is 18.7. The summed E-state index contributed by atoms with van der Waals surface area (Å²) in [6.45, 7) is 0.556. The topological polar surface area (TPSA) is 147 Å². The summed E-state index contributed by atoms with van der Waals surface area (Å²) in [4.78, 5) is 67.7. The number of rotatable bonds is 6. The largest absolute Gasteiger partial charge is 0.494 e. The summed E-state index contributed by atoms with van der Waals surface area (Å²) in [5.41, 5.74) is -0.644. The number of hydrogen-bond donors (Lipinski definition) is 3. The van der Waals surface area contributed by atoms with Crippen molar-refractivity contribution in [1.82, 2.24) is 20.5 Å². The van der Waals surface area contributed by atoms with Crippen molar-refractivity contribution in [2.45, 2.75) is 31.3 Å². The molecule has 1 aromatic heterocycles. The Morgan fingerprint density at radius 2 is 1.97 bits per heavy atom. The molecular formula is C25H22FN5O6S. The van der Waals surface area contributed by atoms with Gasteiger partial charge in [0.05, 0.1) is 22.9 Å².